The Morgan fingerprint density at radius 1 is 1.21 bits per heavy atom. The summed E-state index contributed by atoms with van der Waals surface area (Å²) in [4.78, 5) is 19.6. The fourth-order valence-corrected chi connectivity index (χ4v) is 5.41. The lowest BCUT2D eigenvalue weighted by Gasteiger charge is -2.25. The van der Waals surface area contributed by atoms with Crippen molar-refractivity contribution in [1.29, 1.82) is 0 Å². The monoisotopic (exact) mass is 518 g/mol. The van der Waals surface area contributed by atoms with Gasteiger partial charge in [0.1, 0.15) is 18.3 Å². The van der Waals surface area contributed by atoms with Crippen molar-refractivity contribution in [2.45, 2.75) is 94.6 Å². The van der Waals surface area contributed by atoms with E-state index in [9.17, 15) is 10.1 Å². The van der Waals surface area contributed by atoms with Gasteiger partial charge in [-0.1, -0.05) is 30.3 Å². The molecule has 3 heterocycles. The van der Waals surface area contributed by atoms with E-state index < -0.39 is 22.6 Å². The number of nitro groups is 1. The van der Waals surface area contributed by atoms with Crippen molar-refractivity contribution in [2.75, 3.05) is 24.3 Å². The number of anilines is 1. The van der Waals surface area contributed by atoms with Crippen LogP contribution in [0.5, 0.6) is 0 Å². The molecule has 2 aliphatic heterocycles. The van der Waals surface area contributed by atoms with Gasteiger partial charge in [-0.3, -0.25) is 10.1 Å². The van der Waals surface area contributed by atoms with Crippen molar-refractivity contribution in [2.24, 2.45) is 0 Å². The largest absolute Gasteiger partial charge is 0.373 e. The van der Waals surface area contributed by atoms with E-state index in [0.29, 0.717) is 24.8 Å². The van der Waals surface area contributed by atoms with Crippen molar-refractivity contribution in [3.05, 3.63) is 15.3 Å². The third-order valence-electron chi connectivity index (χ3n) is 5.74. The number of hydrogen-bond acceptors (Lipinski definition) is 11. The van der Waals surface area contributed by atoms with Gasteiger partial charge >= 0.3 is 5.69 Å². The Morgan fingerprint density at radius 3 is 2.59 bits per heavy atom. The van der Waals surface area contributed by atoms with E-state index in [1.807, 2.05) is 34.6 Å². The third-order valence-corrected chi connectivity index (χ3v) is 7.05. The quantitative estimate of drug-likeness (QED) is 0.168. The highest BCUT2D eigenvalue weighted by Gasteiger charge is 2.55. The van der Waals surface area contributed by atoms with Crippen LogP contribution in [0.2, 0.25) is 5.15 Å². The summed E-state index contributed by atoms with van der Waals surface area (Å²) in [6.45, 7) is 10.2. The third kappa shape index (κ3) is 5.75. The Balaban J connectivity index is 1.52. The summed E-state index contributed by atoms with van der Waals surface area (Å²) >= 11 is 7.57. The van der Waals surface area contributed by atoms with Crippen LogP contribution in [0.25, 0.3) is 0 Å². The van der Waals surface area contributed by atoms with Crippen molar-refractivity contribution in [3.8, 4) is 0 Å². The molecule has 0 spiro atoms. The zero-order valence-corrected chi connectivity index (χ0v) is 21.5. The van der Waals surface area contributed by atoms with Crippen LogP contribution in [0.4, 0.5) is 11.5 Å². The zero-order valence-electron chi connectivity index (χ0n) is 19.9. The molecule has 3 fully saturated rings. The average molecular weight is 519 g/mol. The van der Waals surface area contributed by atoms with Crippen molar-refractivity contribution in [3.63, 3.8) is 0 Å². The van der Waals surface area contributed by atoms with E-state index in [1.165, 1.54) is 11.8 Å². The molecule has 190 valence electrons. The first-order valence-electron chi connectivity index (χ1n) is 11.4. The molecule has 13 heteroatoms. The molecular formula is C21H31ClN4O7S. The van der Waals surface area contributed by atoms with E-state index in [0.717, 1.165) is 12.2 Å². The van der Waals surface area contributed by atoms with E-state index in [1.54, 1.807) is 0 Å². The maximum atomic E-state index is 11.7. The summed E-state index contributed by atoms with van der Waals surface area (Å²) in [5, 5.41) is 15.1. The van der Waals surface area contributed by atoms with Gasteiger partial charge in [-0.15, -0.1) is 0 Å². The lowest BCUT2D eigenvalue weighted by molar-refractivity contribution is -0.384. The van der Waals surface area contributed by atoms with E-state index >= 15 is 0 Å². The fraction of sp³-hybridized carbons (Fsp3) is 0.810. The highest BCUT2D eigenvalue weighted by Crippen LogP contribution is 2.42. The minimum absolute atomic E-state index is 0.0654. The maximum Gasteiger partial charge on any atom is 0.348 e. The van der Waals surface area contributed by atoms with Gasteiger partial charge in [-0.2, -0.15) is 4.98 Å². The van der Waals surface area contributed by atoms with Crippen LogP contribution in [0.1, 0.15) is 47.5 Å². The molecule has 1 aromatic rings. The first kappa shape index (κ1) is 25.8. The number of fused-ring (bicyclic) bond motifs is 1. The van der Waals surface area contributed by atoms with Gasteiger partial charge in [0.15, 0.2) is 16.7 Å². The lowest BCUT2D eigenvalue weighted by atomic mass is 10.2. The predicted molar refractivity (Wildman–Crippen MR) is 125 cm³/mol. The number of aromatic nitrogens is 2. The Hall–Kier alpha value is -1.28. The molecule has 0 aromatic carbocycles. The second-order valence-electron chi connectivity index (χ2n) is 9.47. The van der Waals surface area contributed by atoms with Gasteiger partial charge < -0.3 is 29.0 Å². The van der Waals surface area contributed by atoms with Gasteiger partial charge in [0.2, 0.25) is 11.0 Å². The summed E-state index contributed by atoms with van der Waals surface area (Å²) in [7, 11) is 0. The minimum Gasteiger partial charge on any atom is -0.373 e. The topological polar surface area (TPSA) is 127 Å². The number of halogens is 1. The molecule has 0 radical (unpaired) electrons. The Kier molecular flexibility index (Phi) is 7.59. The summed E-state index contributed by atoms with van der Waals surface area (Å²) in [6, 6.07) is -0.345. The molecule has 1 N–H and O–H groups in total. The van der Waals surface area contributed by atoms with Gasteiger partial charge in [0, 0.05) is 5.75 Å². The molecule has 2 saturated heterocycles. The number of ether oxygens (including phenoxy) is 5. The Morgan fingerprint density at radius 2 is 1.94 bits per heavy atom. The molecule has 5 atom stereocenters. The van der Waals surface area contributed by atoms with Gasteiger partial charge in [-0.25, -0.2) is 4.98 Å². The first-order valence-corrected chi connectivity index (χ1v) is 12.7. The molecule has 34 heavy (non-hydrogen) atoms. The molecule has 3 aliphatic rings. The van der Waals surface area contributed by atoms with E-state index in [2.05, 4.69) is 15.3 Å². The SMILES string of the molecule is CCCSc1nc(Cl)c([N+](=O)[O-])c(N[C@@H]2C[C@H](OCC3COC(C)(C)O3)[C@H]3OC(C)(C)OC23)n1. The summed E-state index contributed by atoms with van der Waals surface area (Å²) in [5.74, 6) is -0.615. The summed E-state index contributed by atoms with van der Waals surface area (Å²) in [6.07, 6.45) is 0.172. The first-order chi connectivity index (χ1) is 16.0. The highest BCUT2D eigenvalue weighted by molar-refractivity contribution is 7.99. The van der Waals surface area contributed by atoms with Crippen LogP contribution in [-0.4, -0.2) is 75.9 Å². The number of thioether (sulfide) groups is 1. The van der Waals surface area contributed by atoms with Crippen molar-refractivity contribution < 1.29 is 28.6 Å². The zero-order chi connectivity index (χ0) is 24.7. The molecule has 2 unspecified atom stereocenters. The predicted octanol–water partition coefficient (Wildman–Crippen LogP) is 3.78. The van der Waals surface area contributed by atoms with E-state index in [4.69, 9.17) is 35.3 Å². The second-order valence-corrected chi connectivity index (χ2v) is 10.9. The lowest BCUT2D eigenvalue weighted by Crippen LogP contribution is -2.35. The molecule has 11 nitrogen and oxygen atoms in total. The Bertz CT molecular complexity index is 921. The normalized spacial score (nSPS) is 31.5. The second kappa shape index (κ2) is 10.00. The Labute approximate surface area is 207 Å². The molecule has 4 rings (SSSR count). The van der Waals surface area contributed by atoms with Crippen LogP contribution >= 0.6 is 23.4 Å². The molecule has 1 aliphatic carbocycles. The van der Waals surface area contributed by atoms with Gasteiger partial charge in [0.25, 0.3) is 0 Å². The summed E-state index contributed by atoms with van der Waals surface area (Å²) in [5.41, 5.74) is -0.361. The number of rotatable bonds is 9. The van der Waals surface area contributed by atoms with Crippen LogP contribution < -0.4 is 5.32 Å². The number of nitrogens with one attached hydrogen (secondary N) is 1. The van der Waals surface area contributed by atoms with Crippen LogP contribution in [0.15, 0.2) is 5.16 Å². The van der Waals surface area contributed by atoms with Crippen molar-refractivity contribution >= 4 is 34.9 Å². The molecular weight excluding hydrogens is 488 g/mol. The van der Waals surface area contributed by atoms with Crippen LogP contribution in [0.3, 0.4) is 0 Å². The van der Waals surface area contributed by atoms with Crippen LogP contribution in [-0.2, 0) is 23.7 Å². The molecule has 0 bridgehead atoms. The molecule has 1 saturated carbocycles. The average Bonchev–Trinajstić information content (AvgIpc) is 3.34. The minimum atomic E-state index is -0.816. The maximum absolute atomic E-state index is 11.7. The van der Waals surface area contributed by atoms with Crippen molar-refractivity contribution in [1.82, 2.24) is 9.97 Å². The highest BCUT2D eigenvalue weighted by atomic mass is 35.5. The van der Waals surface area contributed by atoms with E-state index in [-0.39, 0.29) is 41.0 Å². The van der Waals surface area contributed by atoms with Gasteiger partial charge in [0.05, 0.1) is 30.3 Å². The summed E-state index contributed by atoms with van der Waals surface area (Å²) < 4.78 is 29.9. The smallest absolute Gasteiger partial charge is 0.348 e. The number of nitrogens with zero attached hydrogens (tertiary/aromatic N) is 3. The molecule has 1 aromatic heterocycles. The molecule has 0 amide bonds. The van der Waals surface area contributed by atoms with Gasteiger partial charge in [-0.05, 0) is 40.5 Å². The van der Waals surface area contributed by atoms with Crippen LogP contribution in [0, 0.1) is 10.1 Å². The number of hydrogen-bond donors (Lipinski definition) is 1. The fourth-order valence-electron chi connectivity index (χ4n) is 4.42. The standard InChI is InChI=1S/C21H31ClN4O7S/c1-6-7-34-19-24-17(22)14(26(27)28)18(25-19)23-12-8-13(16-15(12)32-21(4,5)33-16)29-9-11-10-30-20(2,3)31-11/h11-13,15-16H,6-10H2,1-5H3,(H,23,24,25)/t11?,12-,13+,15?,16-/m1/s1.